The fourth-order valence-electron chi connectivity index (χ4n) is 2.13. The van der Waals surface area contributed by atoms with E-state index in [2.05, 4.69) is 24.5 Å². The number of nitrogens with one attached hydrogen (secondary N) is 2. The van der Waals surface area contributed by atoms with Gasteiger partial charge in [0.15, 0.2) is 0 Å². The maximum Gasteiger partial charge on any atom is 0.315 e. The van der Waals surface area contributed by atoms with Gasteiger partial charge in [0.2, 0.25) is 0 Å². The molecule has 0 spiro atoms. The Morgan fingerprint density at radius 2 is 2.12 bits per heavy atom. The molecule has 98 valence electrons. The van der Waals surface area contributed by atoms with Crippen molar-refractivity contribution in [3.8, 4) is 0 Å². The van der Waals surface area contributed by atoms with Gasteiger partial charge in [-0.2, -0.15) is 0 Å². The van der Waals surface area contributed by atoms with Gasteiger partial charge in [0.05, 0.1) is 5.92 Å². The Morgan fingerprint density at radius 3 is 2.59 bits per heavy atom. The number of aliphatic carboxylic acids is 1. The summed E-state index contributed by atoms with van der Waals surface area (Å²) in [4.78, 5) is 22.1. The monoisotopic (exact) mass is 242 g/mol. The van der Waals surface area contributed by atoms with E-state index in [-0.39, 0.29) is 18.6 Å². The molecule has 17 heavy (non-hydrogen) atoms. The summed E-state index contributed by atoms with van der Waals surface area (Å²) in [5, 5.41) is 14.1. The second-order valence-electron chi connectivity index (χ2n) is 5.70. The van der Waals surface area contributed by atoms with Crippen LogP contribution in [0, 0.1) is 11.3 Å². The first-order valence-electron chi connectivity index (χ1n) is 6.07. The van der Waals surface area contributed by atoms with Gasteiger partial charge >= 0.3 is 12.0 Å². The van der Waals surface area contributed by atoms with E-state index >= 15 is 0 Å². The summed E-state index contributed by atoms with van der Waals surface area (Å²) in [6.07, 6.45) is 3.09. The summed E-state index contributed by atoms with van der Waals surface area (Å²) < 4.78 is 0. The van der Waals surface area contributed by atoms with Crippen molar-refractivity contribution in [1.29, 1.82) is 0 Å². The first-order valence-corrected chi connectivity index (χ1v) is 6.07. The molecule has 3 N–H and O–H groups in total. The maximum atomic E-state index is 11.5. The van der Waals surface area contributed by atoms with Crippen molar-refractivity contribution < 1.29 is 14.7 Å². The normalized spacial score (nSPS) is 24.1. The number of hydrogen-bond acceptors (Lipinski definition) is 2. The zero-order chi connectivity index (χ0) is 13.1. The van der Waals surface area contributed by atoms with Crippen LogP contribution in [-0.4, -0.2) is 29.7 Å². The van der Waals surface area contributed by atoms with Gasteiger partial charge < -0.3 is 15.7 Å². The minimum Gasteiger partial charge on any atom is -0.481 e. The van der Waals surface area contributed by atoms with E-state index < -0.39 is 11.9 Å². The van der Waals surface area contributed by atoms with Crippen molar-refractivity contribution in [3.63, 3.8) is 0 Å². The molecule has 1 fully saturated rings. The highest BCUT2D eigenvalue weighted by Gasteiger charge is 2.31. The second-order valence-corrected chi connectivity index (χ2v) is 5.70. The van der Waals surface area contributed by atoms with Crippen molar-refractivity contribution in [2.45, 2.75) is 46.1 Å². The smallest absolute Gasteiger partial charge is 0.315 e. The van der Waals surface area contributed by atoms with Gasteiger partial charge in [-0.1, -0.05) is 20.8 Å². The number of hydrogen-bond donors (Lipinski definition) is 3. The molecule has 1 saturated carbocycles. The lowest BCUT2D eigenvalue weighted by Crippen LogP contribution is -2.43. The standard InChI is InChI=1S/C12H22N2O3/c1-8(10(15)16)7-13-11(17)14-9-4-5-12(2,3)6-9/h8-9H,4-7H2,1-3H3,(H,15,16)(H2,13,14,17). The molecule has 0 radical (unpaired) electrons. The highest BCUT2D eigenvalue weighted by Crippen LogP contribution is 2.36. The van der Waals surface area contributed by atoms with Crippen LogP contribution in [0.15, 0.2) is 0 Å². The average Bonchev–Trinajstić information content (AvgIpc) is 2.54. The molecule has 1 rings (SSSR count). The van der Waals surface area contributed by atoms with Gasteiger partial charge in [-0.15, -0.1) is 0 Å². The van der Waals surface area contributed by atoms with Gasteiger partial charge in [-0.25, -0.2) is 4.79 Å². The number of carboxylic acids is 1. The maximum absolute atomic E-state index is 11.5. The van der Waals surface area contributed by atoms with Crippen molar-refractivity contribution in [2.24, 2.45) is 11.3 Å². The number of carbonyl (C=O) groups is 2. The topological polar surface area (TPSA) is 78.4 Å². The molecule has 5 heteroatoms. The van der Waals surface area contributed by atoms with Crippen LogP contribution in [0.5, 0.6) is 0 Å². The van der Waals surface area contributed by atoms with Crippen molar-refractivity contribution >= 4 is 12.0 Å². The summed E-state index contributed by atoms with van der Waals surface area (Å²) in [7, 11) is 0. The fraction of sp³-hybridized carbons (Fsp3) is 0.833. The van der Waals surface area contributed by atoms with E-state index in [1.54, 1.807) is 6.92 Å². The lowest BCUT2D eigenvalue weighted by Gasteiger charge is -2.18. The molecule has 0 aliphatic heterocycles. The van der Waals surface area contributed by atoms with Gasteiger partial charge in [-0.05, 0) is 24.7 Å². The van der Waals surface area contributed by atoms with Crippen LogP contribution in [0.3, 0.4) is 0 Å². The minimum absolute atomic E-state index is 0.164. The molecule has 0 aromatic carbocycles. The van der Waals surface area contributed by atoms with Crippen molar-refractivity contribution in [2.75, 3.05) is 6.54 Å². The molecule has 1 aliphatic rings. The van der Waals surface area contributed by atoms with Crippen molar-refractivity contribution in [1.82, 2.24) is 10.6 Å². The highest BCUT2D eigenvalue weighted by molar-refractivity contribution is 5.76. The zero-order valence-electron chi connectivity index (χ0n) is 10.7. The molecule has 5 nitrogen and oxygen atoms in total. The van der Waals surface area contributed by atoms with Crippen LogP contribution in [-0.2, 0) is 4.79 Å². The quantitative estimate of drug-likeness (QED) is 0.700. The predicted octanol–water partition coefficient (Wildman–Crippen LogP) is 1.58. The Labute approximate surface area is 102 Å². The third kappa shape index (κ3) is 4.63. The molecule has 1 aliphatic carbocycles. The van der Waals surface area contributed by atoms with Gasteiger partial charge in [0.1, 0.15) is 0 Å². The Hall–Kier alpha value is -1.26. The van der Waals surface area contributed by atoms with Gasteiger partial charge in [0.25, 0.3) is 0 Å². The van der Waals surface area contributed by atoms with E-state index in [0.717, 1.165) is 19.3 Å². The molecular formula is C12H22N2O3. The largest absolute Gasteiger partial charge is 0.481 e. The summed E-state index contributed by atoms with van der Waals surface area (Å²) in [6, 6.07) is -0.0501. The predicted molar refractivity (Wildman–Crippen MR) is 64.8 cm³/mol. The molecule has 2 atom stereocenters. The van der Waals surface area contributed by atoms with Crippen LogP contribution >= 0.6 is 0 Å². The molecule has 0 heterocycles. The lowest BCUT2D eigenvalue weighted by atomic mass is 9.92. The first-order chi connectivity index (χ1) is 7.80. The van der Waals surface area contributed by atoms with E-state index in [1.807, 2.05) is 0 Å². The Balaban J connectivity index is 2.24. The summed E-state index contributed by atoms with van der Waals surface area (Å²) in [5.74, 6) is -1.45. The summed E-state index contributed by atoms with van der Waals surface area (Å²) in [6.45, 7) is 6.12. The summed E-state index contributed by atoms with van der Waals surface area (Å²) >= 11 is 0. The van der Waals surface area contributed by atoms with E-state index in [0.29, 0.717) is 5.41 Å². The fourth-order valence-corrected chi connectivity index (χ4v) is 2.13. The molecule has 0 bridgehead atoms. The Bertz CT molecular complexity index is 302. The lowest BCUT2D eigenvalue weighted by molar-refractivity contribution is -0.140. The third-order valence-corrected chi connectivity index (χ3v) is 3.29. The number of rotatable bonds is 4. The van der Waals surface area contributed by atoms with Crippen molar-refractivity contribution in [3.05, 3.63) is 0 Å². The number of urea groups is 1. The number of carbonyl (C=O) groups excluding carboxylic acids is 1. The molecule has 0 aromatic heterocycles. The first kappa shape index (κ1) is 13.8. The summed E-state index contributed by atoms with van der Waals surface area (Å²) in [5.41, 5.74) is 0.298. The Kier molecular flexibility index (Phi) is 4.37. The highest BCUT2D eigenvalue weighted by atomic mass is 16.4. The van der Waals surface area contributed by atoms with Crippen LogP contribution in [0.2, 0.25) is 0 Å². The number of amides is 2. The second kappa shape index (κ2) is 5.38. The molecule has 2 unspecified atom stereocenters. The average molecular weight is 242 g/mol. The van der Waals surface area contributed by atoms with Crippen LogP contribution < -0.4 is 10.6 Å². The molecular weight excluding hydrogens is 220 g/mol. The molecule has 0 saturated heterocycles. The van der Waals surface area contributed by atoms with E-state index in [4.69, 9.17) is 5.11 Å². The van der Waals surface area contributed by atoms with Gasteiger partial charge in [0, 0.05) is 12.6 Å². The molecule has 2 amide bonds. The van der Waals surface area contributed by atoms with Crippen LogP contribution in [0.4, 0.5) is 4.79 Å². The van der Waals surface area contributed by atoms with Crippen LogP contribution in [0.25, 0.3) is 0 Å². The van der Waals surface area contributed by atoms with Crippen LogP contribution in [0.1, 0.15) is 40.0 Å². The van der Waals surface area contributed by atoms with E-state index in [9.17, 15) is 9.59 Å². The Morgan fingerprint density at radius 1 is 1.47 bits per heavy atom. The van der Waals surface area contributed by atoms with E-state index in [1.165, 1.54) is 0 Å². The third-order valence-electron chi connectivity index (χ3n) is 3.29. The molecule has 0 aromatic rings. The number of carboxylic acid groups (broad SMARTS) is 1. The SMILES string of the molecule is CC(CNC(=O)NC1CCC(C)(C)C1)C(=O)O. The minimum atomic E-state index is -0.896. The zero-order valence-corrected chi connectivity index (χ0v) is 10.7. The van der Waals surface area contributed by atoms with Gasteiger partial charge in [-0.3, -0.25) is 4.79 Å².